The number of carbonyl (C=O) groups is 1. The van der Waals surface area contributed by atoms with Gasteiger partial charge in [-0.3, -0.25) is 0 Å². The van der Waals surface area contributed by atoms with Crippen molar-refractivity contribution in [3.63, 3.8) is 0 Å². The summed E-state index contributed by atoms with van der Waals surface area (Å²) in [5, 5.41) is 11.9. The maximum absolute atomic E-state index is 11.4. The van der Waals surface area contributed by atoms with E-state index in [4.69, 9.17) is 5.11 Å². The molecule has 1 aromatic heterocycles. The van der Waals surface area contributed by atoms with Crippen molar-refractivity contribution in [2.45, 2.75) is 32.6 Å². The number of aryl methyl sites for hydroxylation is 1. The average molecular weight is 266 g/mol. The monoisotopic (exact) mass is 266 g/mol. The van der Waals surface area contributed by atoms with E-state index < -0.39 is 0 Å². The molecule has 0 radical (unpaired) electrons. The first-order valence-electron chi connectivity index (χ1n) is 6.59. The molecule has 1 rings (SSSR count). The molecule has 106 valence electrons. The Balaban J connectivity index is 2.39. The maximum Gasteiger partial charge on any atom is 0.339 e. The molecule has 19 heavy (non-hydrogen) atoms. The molecule has 0 spiro atoms. The second kappa shape index (κ2) is 8.48. The smallest absolute Gasteiger partial charge is 0.339 e. The summed E-state index contributed by atoms with van der Waals surface area (Å²) in [6.45, 7) is 2.90. The molecule has 0 unspecified atom stereocenters. The lowest BCUT2D eigenvalue weighted by molar-refractivity contribution is 0.0599. The molecule has 5 nitrogen and oxygen atoms in total. The van der Waals surface area contributed by atoms with Crippen LogP contribution in [0.4, 0.5) is 5.82 Å². The number of anilines is 1. The molecule has 0 saturated carbocycles. The number of hydrogen-bond acceptors (Lipinski definition) is 5. The second-order valence-corrected chi connectivity index (χ2v) is 4.39. The van der Waals surface area contributed by atoms with E-state index in [-0.39, 0.29) is 12.6 Å². The summed E-state index contributed by atoms with van der Waals surface area (Å²) in [4.78, 5) is 15.7. The van der Waals surface area contributed by atoms with Gasteiger partial charge in [0, 0.05) is 13.2 Å². The number of aliphatic hydroxyl groups is 1. The van der Waals surface area contributed by atoms with E-state index in [1.807, 2.05) is 0 Å². The van der Waals surface area contributed by atoms with Crippen molar-refractivity contribution in [3.8, 4) is 0 Å². The van der Waals surface area contributed by atoms with Gasteiger partial charge in [0.15, 0.2) is 0 Å². The summed E-state index contributed by atoms with van der Waals surface area (Å²) >= 11 is 0. The summed E-state index contributed by atoms with van der Waals surface area (Å²) in [7, 11) is 1.36. The van der Waals surface area contributed by atoms with E-state index >= 15 is 0 Å². The van der Waals surface area contributed by atoms with Gasteiger partial charge in [0.05, 0.1) is 18.4 Å². The minimum absolute atomic E-state index is 0.267. The first kappa shape index (κ1) is 15.4. The molecule has 2 N–H and O–H groups in total. The fourth-order valence-corrected chi connectivity index (χ4v) is 1.79. The zero-order valence-electron chi connectivity index (χ0n) is 11.6. The number of esters is 1. The van der Waals surface area contributed by atoms with Gasteiger partial charge >= 0.3 is 5.97 Å². The van der Waals surface area contributed by atoms with Crippen molar-refractivity contribution >= 4 is 11.8 Å². The van der Waals surface area contributed by atoms with Gasteiger partial charge in [0.1, 0.15) is 5.82 Å². The topological polar surface area (TPSA) is 71.5 Å². The van der Waals surface area contributed by atoms with E-state index in [9.17, 15) is 4.79 Å². The molecule has 0 aliphatic heterocycles. The SMILES string of the molecule is COC(=O)c1ccc(NCCCCCCO)nc1C. The van der Waals surface area contributed by atoms with Crippen LogP contribution in [0.25, 0.3) is 0 Å². The number of aromatic nitrogens is 1. The van der Waals surface area contributed by atoms with Crippen LogP contribution in [0.2, 0.25) is 0 Å². The Morgan fingerprint density at radius 3 is 2.68 bits per heavy atom. The minimum Gasteiger partial charge on any atom is -0.465 e. The fourth-order valence-electron chi connectivity index (χ4n) is 1.79. The van der Waals surface area contributed by atoms with Crippen LogP contribution in [-0.4, -0.2) is 36.3 Å². The Bertz CT molecular complexity index is 408. The number of carbonyl (C=O) groups excluding carboxylic acids is 1. The molecule has 5 heteroatoms. The summed E-state index contributed by atoms with van der Waals surface area (Å²) in [6, 6.07) is 3.51. The first-order chi connectivity index (χ1) is 9.19. The van der Waals surface area contributed by atoms with Gasteiger partial charge in [0.2, 0.25) is 0 Å². The molecule has 1 aromatic rings. The number of unbranched alkanes of at least 4 members (excludes halogenated alkanes) is 3. The van der Waals surface area contributed by atoms with Crippen molar-refractivity contribution in [3.05, 3.63) is 23.4 Å². The Labute approximate surface area is 114 Å². The summed E-state index contributed by atoms with van der Waals surface area (Å²) < 4.78 is 4.67. The number of pyridine rings is 1. The molecule has 1 heterocycles. The van der Waals surface area contributed by atoms with Gasteiger partial charge in [-0.1, -0.05) is 12.8 Å². The molecule has 0 saturated heterocycles. The fraction of sp³-hybridized carbons (Fsp3) is 0.571. The van der Waals surface area contributed by atoms with Crippen LogP contribution in [0.5, 0.6) is 0 Å². The van der Waals surface area contributed by atoms with Gasteiger partial charge < -0.3 is 15.2 Å². The lowest BCUT2D eigenvalue weighted by Gasteiger charge is -2.08. The number of ether oxygens (including phenoxy) is 1. The van der Waals surface area contributed by atoms with Gasteiger partial charge in [-0.25, -0.2) is 9.78 Å². The predicted molar refractivity (Wildman–Crippen MR) is 74.4 cm³/mol. The normalized spacial score (nSPS) is 10.3. The molecule has 0 amide bonds. The number of rotatable bonds is 8. The van der Waals surface area contributed by atoms with E-state index in [1.165, 1.54) is 7.11 Å². The van der Waals surface area contributed by atoms with Crippen molar-refractivity contribution < 1.29 is 14.6 Å². The first-order valence-corrected chi connectivity index (χ1v) is 6.59. The largest absolute Gasteiger partial charge is 0.465 e. The summed E-state index contributed by atoms with van der Waals surface area (Å²) in [5.41, 5.74) is 1.16. The standard InChI is InChI=1S/C14H22N2O3/c1-11-12(14(18)19-2)7-8-13(16-11)15-9-5-3-4-6-10-17/h7-8,17H,3-6,9-10H2,1-2H3,(H,15,16). The number of methoxy groups -OCH3 is 1. The lowest BCUT2D eigenvalue weighted by Crippen LogP contribution is -2.08. The third-order valence-corrected chi connectivity index (χ3v) is 2.88. The Morgan fingerprint density at radius 1 is 1.32 bits per heavy atom. The molecule has 0 bridgehead atoms. The van der Waals surface area contributed by atoms with Gasteiger partial charge in [-0.05, 0) is 31.9 Å². The molecule has 0 aliphatic carbocycles. The van der Waals surface area contributed by atoms with E-state index in [0.29, 0.717) is 11.3 Å². The van der Waals surface area contributed by atoms with Gasteiger partial charge in [-0.15, -0.1) is 0 Å². The van der Waals surface area contributed by atoms with Crippen LogP contribution < -0.4 is 5.32 Å². The van der Waals surface area contributed by atoms with Crippen molar-refractivity contribution in [1.82, 2.24) is 4.98 Å². The average Bonchev–Trinajstić information content (AvgIpc) is 2.42. The molecular weight excluding hydrogens is 244 g/mol. The van der Waals surface area contributed by atoms with Crippen LogP contribution in [0.1, 0.15) is 41.7 Å². The van der Waals surface area contributed by atoms with Crippen LogP contribution >= 0.6 is 0 Å². The van der Waals surface area contributed by atoms with Crippen molar-refractivity contribution in [2.24, 2.45) is 0 Å². The van der Waals surface area contributed by atoms with E-state index in [1.54, 1.807) is 19.1 Å². The van der Waals surface area contributed by atoms with Crippen LogP contribution in [-0.2, 0) is 4.74 Å². The summed E-state index contributed by atoms with van der Waals surface area (Å²) in [6.07, 6.45) is 4.05. The van der Waals surface area contributed by atoms with E-state index in [2.05, 4.69) is 15.0 Å². The van der Waals surface area contributed by atoms with Crippen LogP contribution in [0.3, 0.4) is 0 Å². The molecule has 0 fully saturated rings. The van der Waals surface area contributed by atoms with E-state index in [0.717, 1.165) is 38.0 Å². The molecular formula is C14H22N2O3. The van der Waals surface area contributed by atoms with Crippen LogP contribution in [0.15, 0.2) is 12.1 Å². The zero-order valence-corrected chi connectivity index (χ0v) is 11.6. The highest BCUT2D eigenvalue weighted by Crippen LogP contribution is 2.12. The maximum atomic E-state index is 11.4. The highest BCUT2D eigenvalue weighted by Gasteiger charge is 2.10. The highest BCUT2D eigenvalue weighted by atomic mass is 16.5. The van der Waals surface area contributed by atoms with Gasteiger partial charge in [-0.2, -0.15) is 0 Å². The third kappa shape index (κ3) is 5.26. The number of nitrogens with zero attached hydrogens (tertiary/aromatic N) is 1. The summed E-state index contributed by atoms with van der Waals surface area (Å²) in [5.74, 6) is 0.410. The van der Waals surface area contributed by atoms with Gasteiger partial charge in [0.25, 0.3) is 0 Å². The van der Waals surface area contributed by atoms with Crippen LogP contribution in [0, 0.1) is 6.92 Å². The number of aliphatic hydroxyl groups excluding tert-OH is 1. The molecule has 0 atom stereocenters. The Hall–Kier alpha value is -1.62. The van der Waals surface area contributed by atoms with Crippen molar-refractivity contribution in [1.29, 1.82) is 0 Å². The molecule has 0 aromatic carbocycles. The number of nitrogens with one attached hydrogen (secondary N) is 1. The minimum atomic E-state index is -0.361. The lowest BCUT2D eigenvalue weighted by atomic mass is 10.2. The predicted octanol–water partition coefficient (Wildman–Crippen LogP) is 2.14. The van der Waals surface area contributed by atoms with Crippen molar-refractivity contribution in [2.75, 3.05) is 25.6 Å². The second-order valence-electron chi connectivity index (χ2n) is 4.39. The zero-order chi connectivity index (χ0) is 14.1. The highest BCUT2D eigenvalue weighted by molar-refractivity contribution is 5.90. The Morgan fingerprint density at radius 2 is 2.05 bits per heavy atom. The number of hydrogen-bond donors (Lipinski definition) is 2. The quantitative estimate of drug-likeness (QED) is 0.557. The third-order valence-electron chi connectivity index (χ3n) is 2.88. The Kier molecular flexibility index (Phi) is 6.89. The molecule has 0 aliphatic rings.